The van der Waals surface area contributed by atoms with Crippen molar-refractivity contribution in [2.75, 3.05) is 6.54 Å². The van der Waals surface area contributed by atoms with E-state index in [9.17, 15) is 4.79 Å². The number of carbonyl (C=O) groups excluding carboxylic acids is 1. The molecule has 0 aliphatic heterocycles. The molecule has 0 atom stereocenters. The van der Waals surface area contributed by atoms with Gasteiger partial charge in [-0.2, -0.15) is 0 Å². The molecule has 2 aliphatic carbocycles. The Labute approximate surface area is 111 Å². The first-order valence-electron chi connectivity index (χ1n) is 7.78. The van der Waals surface area contributed by atoms with Gasteiger partial charge in [0.25, 0.3) is 0 Å². The predicted molar refractivity (Wildman–Crippen MR) is 74.2 cm³/mol. The van der Waals surface area contributed by atoms with Crippen LogP contribution in [0.4, 0.5) is 0 Å². The molecule has 0 aromatic heterocycles. The van der Waals surface area contributed by atoms with Crippen LogP contribution in [0.2, 0.25) is 0 Å². The van der Waals surface area contributed by atoms with E-state index >= 15 is 0 Å². The Bertz CT molecular complexity index is 266. The third kappa shape index (κ3) is 3.25. The minimum absolute atomic E-state index is 0.326. The molecular weight excluding hydrogens is 224 g/mol. The summed E-state index contributed by atoms with van der Waals surface area (Å²) in [7, 11) is 0. The van der Waals surface area contributed by atoms with Crippen molar-refractivity contribution in [2.45, 2.75) is 76.8 Å². The van der Waals surface area contributed by atoms with Crippen molar-refractivity contribution < 1.29 is 4.79 Å². The molecule has 2 aliphatic rings. The van der Waals surface area contributed by atoms with Crippen molar-refractivity contribution in [2.24, 2.45) is 11.7 Å². The van der Waals surface area contributed by atoms with Crippen LogP contribution in [0.3, 0.4) is 0 Å². The van der Waals surface area contributed by atoms with Gasteiger partial charge in [-0.3, -0.25) is 4.79 Å². The smallest absolute Gasteiger partial charge is 0.225 e. The average molecular weight is 252 g/mol. The first-order valence-corrected chi connectivity index (χ1v) is 7.78. The van der Waals surface area contributed by atoms with Gasteiger partial charge in [-0.05, 0) is 44.9 Å². The summed E-state index contributed by atoms with van der Waals surface area (Å²) >= 11 is 0. The summed E-state index contributed by atoms with van der Waals surface area (Å²) < 4.78 is 0. The van der Waals surface area contributed by atoms with Gasteiger partial charge in [-0.1, -0.05) is 19.8 Å². The molecule has 2 N–H and O–H groups in total. The molecule has 0 aromatic carbocycles. The van der Waals surface area contributed by atoms with Crippen LogP contribution in [-0.4, -0.2) is 29.4 Å². The molecule has 0 heterocycles. The molecule has 18 heavy (non-hydrogen) atoms. The molecular formula is C15H28N2O. The maximum absolute atomic E-state index is 12.6. The fourth-order valence-corrected chi connectivity index (χ4v) is 3.53. The largest absolute Gasteiger partial charge is 0.339 e. The predicted octanol–water partition coefficient (Wildman–Crippen LogP) is 2.69. The number of carbonyl (C=O) groups is 1. The van der Waals surface area contributed by atoms with E-state index < -0.39 is 0 Å². The van der Waals surface area contributed by atoms with E-state index in [1.165, 1.54) is 12.8 Å². The molecule has 0 radical (unpaired) electrons. The Balaban J connectivity index is 1.95. The molecule has 3 nitrogen and oxygen atoms in total. The van der Waals surface area contributed by atoms with Crippen molar-refractivity contribution >= 4 is 5.91 Å². The lowest BCUT2D eigenvalue weighted by Gasteiger charge is -2.37. The highest BCUT2D eigenvalue weighted by atomic mass is 16.2. The maximum Gasteiger partial charge on any atom is 0.225 e. The maximum atomic E-state index is 12.6. The van der Waals surface area contributed by atoms with Gasteiger partial charge in [0.15, 0.2) is 0 Å². The topological polar surface area (TPSA) is 46.3 Å². The third-order valence-corrected chi connectivity index (χ3v) is 4.63. The second-order valence-electron chi connectivity index (χ2n) is 6.08. The van der Waals surface area contributed by atoms with Gasteiger partial charge in [0, 0.05) is 24.5 Å². The second-order valence-corrected chi connectivity index (χ2v) is 6.08. The van der Waals surface area contributed by atoms with Gasteiger partial charge >= 0.3 is 0 Å². The number of rotatable bonds is 4. The van der Waals surface area contributed by atoms with Gasteiger partial charge in [0.2, 0.25) is 5.91 Å². The Morgan fingerprint density at radius 1 is 1.11 bits per heavy atom. The van der Waals surface area contributed by atoms with E-state index in [2.05, 4.69) is 11.8 Å². The van der Waals surface area contributed by atoms with E-state index in [-0.39, 0.29) is 0 Å². The minimum atomic E-state index is 0.326. The van der Waals surface area contributed by atoms with Crippen LogP contribution in [-0.2, 0) is 4.79 Å². The van der Waals surface area contributed by atoms with Gasteiger partial charge in [0.05, 0.1) is 0 Å². The highest BCUT2D eigenvalue weighted by Gasteiger charge is 2.32. The lowest BCUT2D eigenvalue weighted by Crippen LogP contribution is -2.46. The van der Waals surface area contributed by atoms with Crippen molar-refractivity contribution in [3.63, 3.8) is 0 Å². The second kappa shape index (κ2) is 6.55. The summed E-state index contributed by atoms with van der Waals surface area (Å²) in [5.74, 6) is 0.766. The van der Waals surface area contributed by atoms with Crippen molar-refractivity contribution in [1.82, 2.24) is 4.90 Å². The van der Waals surface area contributed by atoms with E-state index in [0.717, 1.165) is 51.5 Å². The lowest BCUT2D eigenvalue weighted by atomic mass is 9.89. The van der Waals surface area contributed by atoms with Crippen molar-refractivity contribution in [3.05, 3.63) is 0 Å². The average Bonchev–Trinajstić information content (AvgIpc) is 2.90. The van der Waals surface area contributed by atoms with E-state index in [1.54, 1.807) is 0 Å². The molecule has 0 aromatic rings. The normalized spacial score (nSPS) is 29.4. The van der Waals surface area contributed by atoms with Crippen LogP contribution in [0.25, 0.3) is 0 Å². The number of nitrogens with zero attached hydrogens (tertiary/aromatic N) is 1. The van der Waals surface area contributed by atoms with E-state index in [4.69, 9.17) is 5.73 Å². The van der Waals surface area contributed by atoms with Gasteiger partial charge in [-0.15, -0.1) is 0 Å². The molecule has 0 saturated heterocycles. The molecule has 2 saturated carbocycles. The molecule has 2 rings (SSSR count). The van der Waals surface area contributed by atoms with E-state index in [0.29, 0.717) is 23.9 Å². The summed E-state index contributed by atoms with van der Waals surface area (Å²) in [4.78, 5) is 14.8. The van der Waals surface area contributed by atoms with Crippen LogP contribution >= 0.6 is 0 Å². The lowest BCUT2D eigenvalue weighted by molar-refractivity contribution is -0.138. The summed E-state index contributed by atoms with van der Waals surface area (Å²) in [5.41, 5.74) is 5.97. The molecule has 0 spiro atoms. The molecule has 0 unspecified atom stereocenters. The summed E-state index contributed by atoms with van der Waals surface area (Å²) in [6.07, 6.45) is 10.2. The Morgan fingerprint density at radius 3 is 2.28 bits per heavy atom. The summed E-state index contributed by atoms with van der Waals surface area (Å²) in [6, 6.07) is 0.837. The molecule has 3 heteroatoms. The van der Waals surface area contributed by atoms with Crippen LogP contribution < -0.4 is 5.73 Å². The molecule has 104 valence electrons. The summed E-state index contributed by atoms with van der Waals surface area (Å²) in [5, 5.41) is 0. The highest BCUT2D eigenvalue weighted by molar-refractivity contribution is 5.79. The zero-order valence-electron chi connectivity index (χ0n) is 11.7. The molecule has 0 bridgehead atoms. The highest BCUT2D eigenvalue weighted by Crippen LogP contribution is 2.30. The fourth-order valence-electron chi connectivity index (χ4n) is 3.53. The summed E-state index contributed by atoms with van der Waals surface area (Å²) in [6.45, 7) is 3.11. The molecule has 1 amide bonds. The first-order chi connectivity index (χ1) is 8.72. The van der Waals surface area contributed by atoms with Gasteiger partial charge in [0.1, 0.15) is 0 Å². The Kier molecular flexibility index (Phi) is 5.04. The minimum Gasteiger partial charge on any atom is -0.339 e. The fraction of sp³-hybridized carbons (Fsp3) is 0.933. The Hall–Kier alpha value is -0.570. The van der Waals surface area contributed by atoms with Gasteiger partial charge < -0.3 is 10.6 Å². The van der Waals surface area contributed by atoms with Crippen LogP contribution in [0.1, 0.15) is 64.7 Å². The number of hydrogen-bond donors (Lipinski definition) is 1. The van der Waals surface area contributed by atoms with Crippen molar-refractivity contribution in [3.8, 4) is 0 Å². The monoisotopic (exact) mass is 252 g/mol. The standard InChI is InChI=1S/C15H28N2O/c1-2-11-17(14-9-7-13(16)8-10-14)15(18)12-5-3-4-6-12/h12-14H,2-11,16H2,1H3. The quantitative estimate of drug-likeness (QED) is 0.836. The van der Waals surface area contributed by atoms with Crippen LogP contribution in [0.5, 0.6) is 0 Å². The first kappa shape index (κ1) is 13.9. The zero-order valence-corrected chi connectivity index (χ0v) is 11.7. The zero-order chi connectivity index (χ0) is 13.0. The van der Waals surface area contributed by atoms with E-state index in [1.807, 2.05) is 0 Å². The third-order valence-electron chi connectivity index (χ3n) is 4.63. The molecule has 2 fully saturated rings. The number of hydrogen-bond acceptors (Lipinski definition) is 2. The van der Waals surface area contributed by atoms with Crippen LogP contribution in [0, 0.1) is 5.92 Å². The Morgan fingerprint density at radius 2 is 1.72 bits per heavy atom. The van der Waals surface area contributed by atoms with Crippen molar-refractivity contribution in [1.29, 1.82) is 0 Å². The van der Waals surface area contributed by atoms with Crippen LogP contribution in [0.15, 0.2) is 0 Å². The van der Waals surface area contributed by atoms with Gasteiger partial charge in [-0.25, -0.2) is 0 Å². The SMILES string of the molecule is CCCN(C(=O)C1CCCC1)C1CCC(N)CC1. The number of nitrogens with two attached hydrogens (primary N) is 1. The number of amides is 1.